The molecular formula is C28H20ClN. The molecule has 1 nitrogen and oxygen atoms in total. The molecule has 0 heterocycles. The van der Waals surface area contributed by atoms with Gasteiger partial charge in [0, 0.05) is 21.8 Å². The number of hydrogen-bond donors (Lipinski definition) is 0. The van der Waals surface area contributed by atoms with Gasteiger partial charge in [0.25, 0.3) is 0 Å². The number of benzene rings is 5. The van der Waals surface area contributed by atoms with E-state index in [0.717, 1.165) is 22.1 Å². The number of rotatable bonds is 4. The molecule has 0 saturated heterocycles. The Morgan fingerprint density at radius 1 is 0.500 bits per heavy atom. The van der Waals surface area contributed by atoms with Crippen molar-refractivity contribution in [1.82, 2.24) is 0 Å². The number of fused-ring (bicyclic) bond motifs is 1. The summed E-state index contributed by atoms with van der Waals surface area (Å²) in [5, 5.41) is 3.13. The maximum absolute atomic E-state index is 6.36. The third kappa shape index (κ3) is 3.56. The summed E-state index contributed by atoms with van der Waals surface area (Å²) in [6.07, 6.45) is 0. The summed E-state index contributed by atoms with van der Waals surface area (Å²) in [5.41, 5.74) is 5.66. The molecular weight excluding hydrogens is 386 g/mol. The van der Waals surface area contributed by atoms with Crippen LogP contribution in [-0.4, -0.2) is 0 Å². The van der Waals surface area contributed by atoms with E-state index in [1.54, 1.807) is 0 Å². The Labute approximate surface area is 181 Å². The Bertz CT molecular complexity index is 1290. The Balaban J connectivity index is 1.67. The van der Waals surface area contributed by atoms with Crippen molar-refractivity contribution >= 4 is 39.4 Å². The van der Waals surface area contributed by atoms with Gasteiger partial charge in [-0.05, 0) is 52.9 Å². The van der Waals surface area contributed by atoms with Gasteiger partial charge in [-0.1, -0.05) is 96.5 Å². The summed E-state index contributed by atoms with van der Waals surface area (Å²) in [6.45, 7) is 0. The van der Waals surface area contributed by atoms with Gasteiger partial charge in [0.15, 0.2) is 0 Å². The highest BCUT2D eigenvalue weighted by molar-refractivity contribution is 6.30. The number of anilines is 3. The first-order valence-electron chi connectivity index (χ1n) is 9.98. The molecule has 30 heavy (non-hydrogen) atoms. The average molecular weight is 406 g/mol. The summed E-state index contributed by atoms with van der Waals surface area (Å²) >= 11 is 6.36. The second-order valence-corrected chi connectivity index (χ2v) is 7.66. The molecule has 0 atom stereocenters. The first-order chi connectivity index (χ1) is 14.8. The van der Waals surface area contributed by atoms with Crippen LogP contribution in [0.25, 0.3) is 21.9 Å². The molecule has 0 amide bonds. The van der Waals surface area contributed by atoms with Crippen LogP contribution in [0, 0.1) is 0 Å². The standard InChI is InChI=1S/C28H20ClN/c29-24-12-7-13-26(20-24)30(28-15-6-11-23-10-4-5-14-27(23)28)25-18-16-22(17-19-25)21-8-2-1-3-9-21/h1-20H. The molecule has 2 heteroatoms. The van der Waals surface area contributed by atoms with Crippen LogP contribution < -0.4 is 4.90 Å². The highest BCUT2D eigenvalue weighted by Gasteiger charge is 2.15. The average Bonchev–Trinajstić information content (AvgIpc) is 2.81. The molecule has 5 aromatic rings. The topological polar surface area (TPSA) is 3.24 Å². The van der Waals surface area contributed by atoms with E-state index in [0.29, 0.717) is 0 Å². The van der Waals surface area contributed by atoms with Crippen molar-refractivity contribution in [3.05, 3.63) is 126 Å². The molecule has 0 radical (unpaired) electrons. The first kappa shape index (κ1) is 18.5. The van der Waals surface area contributed by atoms with Crippen molar-refractivity contribution in [2.75, 3.05) is 4.90 Å². The molecule has 144 valence electrons. The normalized spacial score (nSPS) is 10.8. The van der Waals surface area contributed by atoms with Gasteiger partial charge in [0.05, 0.1) is 5.69 Å². The Morgan fingerprint density at radius 2 is 1.17 bits per heavy atom. The molecule has 5 rings (SSSR count). The highest BCUT2D eigenvalue weighted by atomic mass is 35.5. The van der Waals surface area contributed by atoms with E-state index in [9.17, 15) is 0 Å². The van der Waals surface area contributed by atoms with Crippen LogP contribution >= 0.6 is 11.6 Å². The summed E-state index contributed by atoms with van der Waals surface area (Å²) in [7, 11) is 0. The summed E-state index contributed by atoms with van der Waals surface area (Å²) in [4.78, 5) is 2.27. The molecule has 5 aromatic carbocycles. The van der Waals surface area contributed by atoms with Crippen molar-refractivity contribution in [2.24, 2.45) is 0 Å². The maximum atomic E-state index is 6.36. The molecule has 0 aliphatic carbocycles. The van der Waals surface area contributed by atoms with Crippen LogP contribution in [0.5, 0.6) is 0 Å². The fraction of sp³-hybridized carbons (Fsp3) is 0. The zero-order valence-corrected chi connectivity index (χ0v) is 17.1. The molecule has 0 aliphatic heterocycles. The molecule has 0 N–H and O–H groups in total. The van der Waals surface area contributed by atoms with Gasteiger partial charge < -0.3 is 4.90 Å². The van der Waals surface area contributed by atoms with E-state index in [1.807, 2.05) is 24.3 Å². The Kier molecular flexibility index (Phi) is 4.96. The van der Waals surface area contributed by atoms with Crippen molar-refractivity contribution in [1.29, 1.82) is 0 Å². The SMILES string of the molecule is Clc1cccc(N(c2ccc(-c3ccccc3)cc2)c2cccc3ccccc23)c1. The molecule has 0 aliphatic rings. The van der Waals surface area contributed by atoms with Gasteiger partial charge in [0.1, 0.15) is 0 Å². The third-order valence-electron chi connectivity index (χ3n) is 5.31. The minimum Gasteiger partial charge on any atom is -0.310 e. The van der Waals surface area contributed by atoms with Gasteiger partial charge in [0.2, 0.25) is 0 Å². The predicted octanol–water partition coefficient (Wildman–Crippen LogP) is 8.63. The van der Waals surface area contributed by atoms with Crippen LogP contribution in [0.15, 0.2) is 121 Å². The summed E-state index contributed by atoms with van der Waals surface area (Å²) in [6, 6.07) is 42.0. The lowest BCUT2D eigenvalue weighted by Crippen LogP contribution is -2.10. The van der Waals surface area contributed by atoms with Gasteiger partial charge >= 0.3 is 0 Å². The molecule has 0 fully saturated rings. The number of hydrogen-bond acceptors (Lipinski definition) is 1. The lowest BCUT2D eigenvalue weighted by atomic mass is 10.0. The zero-order chi connectivity index (χ0) is 20.3. The van der Waals surface area contributed by atoms with E-state index in [2.05, 4.69) is 102 Å². The first-order valence-corrected chi connectivity index (χ1v) is 10.4. The Hall–Kier alpha value is -3.55. The van der Waals surface area contributed by atoms with E-state index in [1.165, 1.54) is 21.9 Å². The van der Waals surface area contributed by atoms with Gasteiger partial charge in [-0.3, -0.25) is 0 Å². The van der Waals surface area contributed by atoms with Crippen molar-refractivity contribution in [3.8, 4) is 11.1 Å². The molecule has 0 aromatic heterocycles. The monoisotopic (exact) mass is 405 g/mol. The van der Waals surface area contributed by atoms with Crippen molar-refractivity contribution < 1.29 is 0 Å². The second kappa shape index (κ2) is 8.06. The molecule has 0 spiro atoms. The number of nitrogens with zero attached hydrogens (tertiary/aromatic N) is 1. The van der Waals surface area contributed by atoms with Crippen LogP contribution in [-0.2, 0) is 0 Å². The second-order valence-electron chi connectivity index (χ2n) is 7.23. The molecule has 0 saturated carbocycles. The van der Waals surface area contributed by atoms with E-state index in [4.69, 9.17) is 11.6 Å². The predicted molar refractivity (Wildman–Crippen MR) is 129 cm³/mol. The lowest BCUT2D eigenvalue weighted by molar-refractivity contribution is 1.30. The van der Waals surface area contributed by atoms with Crippen LogP contribution in [0.1, 0.15) is 0 Å². The van der Waals surface area contributed by atoms with Crippen molar-refractivity contribution in [3.63, 3.8) is 0 Å². The van der Waals surface area contributed by atoms with Crippen LogP contribution in [0.2, 0.25) is 5.02 Å². The minimum absolute atomic E-state index is 0.721. The minimum atomic E-state index is 0.721. The lowest BCUT2D eigenvalue weighted by Gasteiger charge is -2.27. The molecule has 0 unspecified atom stereocenters. The smallest absolute Gasteiger partial charge is 0.0540 e. The van der Waals surface area contributed by atoms with E-state index >= 15 is 0 Å². The van der Waals surface area contributed by atoms with Gasteiger partial charge in [-0.15, -0.1) is 0 Å². The van der Waals surface area contributed by atoms with Crippen LogP contribution in [0.4, 0.5) is 17.1 Å². The molecule has 0 bridgehead atoms. The van der Waals surface area contributed by atoms with Crippen molar-refractivity contribution in [2.45, 2.75) is 0 Å². The largest absolute Gasteiger partial charge is 0.310 e. The quantitative estimate of drug-likeness (QED) is 0.289. The van der Waals surface area contributed by atoms with E-state index in [-0.39, 0.29) is 0 Å². The van der Waals surface area contributed by atoms with Crippen LogP contribution in [0.3, 0.4) is 0 Å². The van der Waals surface area contributed by atoms with Gasteiger partial charge in [-0.2, -0.15) is 0 Å². The Morgan fingerprint density at radius 3 is 1.97 bits per heavy atom. The number of halogens is 1. The summed E-state index contributed by atoms with van der Waals surface area (Å²) in [5.74, 6) is 0. The fourth-order valence-corrected chi connectivity index (χ4v) is 4.06. The van der Waals surface area contributed by atoms with Gasteiger partial charge in [-0.25, -0.2) is 0 Å². The highest BCUT2D eigenvalue weighted by Crippen LogP contribution is 2.40. The summed E-state index contributed by atoms with van der Waals surface area (Å²) < 4.78 is 0. The third-order valence-corrected chi connectivity index (χ3v) is 5.54. The fourth-order valence-electron chi connectivity index (χ4n) is 3.88. The zero-order valence-electron chi connectivity index (χ0n) is 16.4. The van der Waals surface area contributed by atoms with E-state index < -0.39 is 0 Å². The maximum Gasteiger partial charge on any atom is 0.0540 e.